The van der Waals surface area contributed by atoms with Crippen LogP contribution in [0.4, 0.5) is 0 Å². The van der Waals surface area contributed by atoms with E-state index in [-0.39, 0.29) is 34.9 Å². The zero-order chi connectivity index (χ0) is 33.9. The maximum Gasteiger partial charge on any atom is 0.212 e. The summed E-state index contributed by atoms with van der Waals surface area (Å²) in [5.74, 6) is -0.467. The van der Waals surface area contributed by atoms with Crippen LogP contribution in [-0.2, 0) is 29.6 Å². The molecule has 1 aromatic rings. The Bertz CT molecular complexity index is 1670. The molecule has 1 aromatic carbocycles. The minimum atomic E-state index is -3.83. The van der Waals surface area contributed by atoms with E-state index in [2.05, 4.69) is 18.6 Å². The molecule has 46 heavy (non-hydrogen) atoms. The van der Waals surface area contributed by atoms with Crippen LogP contribution in [0.1, 0.15) is 104 Å². The van der Waals surface area contributed by atoms with Gasteiger partial charge >= 0.3 is 0 Å². The van der Waals surface area contributed by atoms with Crippen molar-refractivity contribution in [2.75, 3.05) is 18.1 Å². The Morgan fingerprint density at radius 2 is 1.28 bits per heavy atom. The van der Waals surface area contributed by atoms with Gasteiger partial charge in [-0.15, -0.1) is 0 Å². The zero-order valence-corrected chi connectivity index (χ0v) is 30.0. The monoisotopic (exact) mass is 672 g/mol. The first kappa shape index (κ1) is 35.2. The van der Waals surface area contributed by atoms with Gasteiger partial charge in [0.05, 0.1) is 22.3 Å². The SMILES string of the molecule is CCCCC(CC)CNS(=O)(=O)CC12CCC(/C(=C\c3ccc(/C=C4/C(=O)C5(CS(N)(=O)=O)CCC4C5(C)C)cc3)C1=O)C2(C)C. The third-order valence-corrected chi connectivity index (χ3v) is 15.0. The summed E-state index contributed by atoms with van der Waals surface area (Å²) in [5.41, 5.74) is 0.0883. The number of rotatable bonds is 13. The predicted molar refractivity (Wildman–Crippen MR) is 183 cm³/mol. The average Bonchev–Trinajstić information content (AvgIpc) is 3.47. The summed E-state index contributed by atoms with van der Waals surface area (Å²) in [5, 5.41) is 5.43. The Hall–Kier alpha value is -2.14. The summed E-state index contributed by atoms with van der Waals surface area (Å²) in [6.07, 6.45) is 10.5. The number of carbonyl (C=O) groups excluding carboxylic acids is 2. The number of unbranched alkanes of at least 4 members (excludes halogenated alkanes) is 1. The van der Waals surface area contributed by atoms with Crippen molar-refractivity contribution < 1.29 is 26.4 Å². The summed E-state index contributed by atoms with van der Waals surface area (Å²) in [7, 11) is -7.49. The number of hydrogen-bond acceptors (Lipinski definition) is 6. The molecule has 0 radical (unpaired) electrons. The van der Waals surface area contributed by atoms with Crippen molar-refractivity contribution >= 4 is 43.8 Å². The van der Waals surface area contributed by atoms with Crippen LogP contribution in [0.25, 0.3) is 12.2 Å². The maximum atomic E-state index is 14.1. The van der Waals surface area contributed by atoms with Gasteiger partial charge in [0.15, 0.2) is 11.6 Å². The Kier molecular flexibility index (Phi) is 9.23. The van der Waals surface area contributed by atoms with E-state index in [0.29, 0.717) is 36.5 Å². The number of primary sulfonamides is 1. The number of Topliss-reactive ketones (excluding diaryl/α,β-unsaturated/α-hetero) is 2. The molecule has 0 amide bonds. The van der Waals surface area contributed by atoms with Crippen LogP contribution in [0.3, 0.4) is 0 Å². The normalized spacial score (nSPS) is 32.2. The van der Waals surface area contributed by atoms with Gasteiger partial charge in [-0.05, 0) is 84.0 Å². The number of ketones is 2. The molecule has 4 bridgehead atoms. The summed E-state index contributed by atoms with van der Waals surface area (Å²) in [6, 6.07) is 7.66. The highest BCUT2D eigenvalue weighted by Crippen LogP contribution is 2.67. The Morgan fingerprint density at radius 3 is 1.70 bits per heavy atom. The van der Waals surface area contributed by atoms with Gasteiger partial charge in [-0.25, -0.2) is 26.7 Å². The van der Waals surface area contributed by atoms with Gasteiger partial charge < -0.3 is 0 Å². The third-order valence-electron chi connectivity index (χ3n) is 12.7. The second-order valence-corrected chi connectivity index (χ2v) is 19.1. The summed E-state index contributed by atoms with van der Waals surface area (Å²) >= 11 is 0. The van der Waals surface area contributed by atoms with Crippen LogP contribution in [0.2, 0.25) is 0 Å². The van der Waals surface area contributed by atoms with Crippen molar-refractivity contribution in [1.82, 2.24) is 4.72 Å². The van der Waals surface area contributed by atoms with E-state index >= 15 is 0 Å². The van der Waals surface area contributed by atoms with Crippen molar-refractivity contribution in [3.8, 4) is 0 Å². The fourth-order valence-corrected chi connectivity index (χ4v) is 12.7. The van der Waals surface area contributed by atoms with Crippen LogP contribution >= 0.6 is 0 Å². The second kappa shape index (κ2) is 12.1. The molecule has 0 aromatic heterocycles. The van der Waals surface area contributed by atoms with Crippen LogP contribution in [0.5, 0.6) is 0 Å². The van der Waals surface area contributed by atoms with Crippen molar-refractivity contribution in [2.24, 2.45) is 44.6 Å². The molecule has 4 aliphatic carbocycles. The molecule has 10 heteroatoms. The molecule has 3 N–H and O–H groups in total. The molecule has 0 saturated heterocycles. The molecule has 254 valence electrons. The molecule has 4 aliphatic rings. The molecule has 5 rings (SSSR count). The van der Waals surface area contributed by atoms with Crippen molar-refractivity contribution in [2.45, 2.75) is 92.9 Å². The van der Waals surface area contributed by atoms with Gasteiger partial charge in [-0.3, -0.25) is 9.59 Å². The number of nitrogens with one attached hydrogen (secondary N) is 1. The van der Waals surface area contributed by atoms with Crippen LogP contribution in [0, 0.1) is 39.4 Å². The van der Waals surface area contributed by atoms with E-state index in [1.54, 1.807) is 0 Å². The average molecular weight is 673 g/mol. The zero-order valence-electron chi connectivity index (χ0n) is 28.3. The molecular formula is C36H52N2O6S2. The molecule has 0 heterocycles. The quantitative estimate of drug-likeness (QED) is 0.251. The second-order valence-electron chi connectivity index (χ2n) is 15.6. The van der Waals surface area contributed by atoms with Gasteiger partial charge in [-0.2, -0.15) is 0 Å². The Labute approximate surface area is 276 Å². The van der Waals surface area contributed by atoms with Crippen LogP contribution < -0.4 is 9.86 Å². The minimum absolute atomic E-state index is 0.0196. The van der Waals surface area contributed by atoms with Crippen molar-refractivity contribution in [3.05, 3.63) is 46.5 Å². The largest absolute Gasteiger partial charge is 0.294 e. The summed E-state index contributed by atoms with van der Waals surface area (Å²) in [6.45, 7) is 12.7. The summed E-state index contributed by atoms with van der Waals surface area (Å²) < 4.78 is 53.8. The lowest BCUT2D eigenvalue weighted by atomic mass is 9.70. The van der Waals surface area contributed by atoms with Gasteiger partial charge in [0, 0.05) is 17.7 Å². The van der Waals surface area contributed by atoms with Gasteiger partial charge in [-0.1, -0.05) is 85.1 Å². The highest BCUT2D eigenvalue weighted by atomic mass is 32.2. The van der Waals surface area contributed by atoms with Gasteiger partial charge in [0.25, 0.3) is 0 Å². The maximum absolute atomic E-state index is 14.1. The number of sulfonamides is 2. The first-order chi connectivity index (χ1) is 21.3. The van der Waals surface area contributed by atoms with E-state index in [1.807, 2.05) is 64.1 Å². The number of carbonyl (C=O) groups is 2. The smallest absolute Gasteiger partial charge is 0.212 e. The Morgan fingerprint density at radius 1 is 0.826 bits per heavy atom. The third kappa shape index (κ3) is 5.79. The van der Waals surface area contributed by atoms with E-state index in [4.69, 9.17) is 5.14 Å². The lowest BCUT2D eigenvalue weighted by molar-refractivity contribution is -0.125. The fraction of sp³-hybridized carbons (Fsp3) is 0.667. The number of allylic oxidation sites excluding steroid dienone is 2. The number of nitrogens with two attached hydrogens (primary N) is 1. The Balaban J connectivity index is 1.35. The van der Waals surface area contributed by atoms with Crippen molar-refractivity contribution in [1.29, 1.82) is 0 Å². The number of fused-ring (bicyclic) bond motifs is 4. The van der Waals surface area contributed by atoms with E-state index in [9.17, 15) is 26.4 Å². The van der Waals surface area contributed by atoms with E-state index in [0.717, 1.165) is 49.7 Å². The standard InChI is InChI=1S/C36H52N2O6S2/c1-7-9-10-24(8-2)21-38-46(43,44)23-36-18-16-30(34(36,5)6)28(32(36)40)20-26-13-11-25(12-14-26)19-27-29-15-17-35(31(27)39,33(29,3)4)22-45(37,41)42/h11-14,19-20,24,29-30,38H,7-10,15-18,21-23H2,1-6H3,(H2,37,41,42)/b27-19+,28-20+. The van der Waals surface area contributed by atoms with Gasteiger partial charge in [0.2, 0.25) is 20.0 Å². The van der Waals surface area contributed by atoms with E-state index in [1.165, 1.54) is 0 Å². The molecule has 5 unspecified atom stereocenters. The van der Waals surface area contributed by atoms with Crippen LogP contribution in [0.15, 0.2) is 35.4 Å². The lowest BCUT2D eigenvalue weighted by Gasteiger charge is -2.35. The highest BCUT2D eigenvalue weighted by molar-refractivity contribution is 7.89. The minimum Gasteiger partial charge on any atom is -0.294 e. The topological polar surface area (TPSA) is 140 Å². The first-order valence-electron chi connectivity index (χ1n) is 16.9. The molecule has 4 fully saturated rings. The number of hydrogen-bond donors (Lipinski definition) is 2. The molecule has 4 saturated carbocycles. The fourth-order valence-electron chi connectivity index (χ4n) is 9.52. The number of benzene rings is 1. The highest BCUT2D eigenvalue weighted by Gasteiger charge is 2.68. The molecule has 0 aliphatic heterocycles. The van der Waals surface area contributed by atoms with Gasteiger partial charge in [0.1, 0.15) is 0 Å². The van der Waals surface area contributed by atoms with Crippen LogP contribution in [-0.4, -0.2) is 46.5 Å². The molecule has 0 spiro atoms. The summed E-state index contributed by atoms with van der Waals surface area (Å²) in [4.78, 5) is 27.7. The molecule has 5 atom stereocenters. The van der Waals surface area contributed by atoms with E-state index < -0.39 is 41.7 Å². The molecular weight excluding hydrogens is 621 g/mol. The lowest BCUT2D eigenvalue weighted by Crippen LogP contribution is -2.46. The molecule has 8 nitrogen and oxygen atoms in total. The van der Waals surface area contributed by atoms with Crippen molar-refractivity contribution in [3.63, 3.8) is 0 Å². The predicted octanol–water partition coefficient (Wildman–Crippen LogP) is 5.89. The first-order valence-corrected chi connectivity index (χ1v) is 20.3.